The molecule has 2 heterocycles. The van der Waals surface area contributed by atoms with E-state index in [4.69, 9.17) is 4.42 Å². The summed E-state index contributed by atoms with van der Waals surface area (Å²) in [6, 6.07) is 8.59. The van der Waals surface area contributed by atoms with Crippen LogP contribution in [0.3, 0.4) is 0 Å². The number of benzene rings is 1. The first kappa shape index (κ1) is 11.8. The van der Waals surface area contributed by atoms with Crippen molar-refractivity contribution in [2.45, 2.75) is 45.1 Å². The van der Waals surface area contributed by atoms with Crippen LogP contribution in [0.25, 0.3) is 11.0 Å². The molecule has 0 spiro atoms. The Morgan fingerprint density at radius 1 is 1.17 bits per heavy atom. The van der Waals surface area contributed by atoms with Crippen LogP contribution in [-0.2, 0) is 5.54 Å². The quantitative estimate of drug-likeness (QED) is 0.815. The fraction of sp³-hybridized carbons (Fsp3) is 0.500. The van der Waals surface area contributed by atoms with Gasteiger partial charge in [-0.2, -0.15) is 0 Å². The maximum absolute atomic E-state index is 6.06. The van der Waals surface area contributed by atoms with Gasteiger partial charge in [0.05, 0.1) is 5.54 Å². The van der Waals surface area contributed by atoms with E-state index in [1.807, 2.05) is 0 Å². The van der Waals surface area contributed by atoms with E-state index in [9.17, 15) is 0 Å². The third-order valence-corrected chi connectivity index (χ3v) is 4.08. The van der Waals surface area contributed by atoms with Crippen LogP contribution >= 0.6 is 0 Å². The summed E-state index contributed by atoms with van der Waals surface area (Å²) in [7, 11) is 0. The summed E-state index contributed by atoms with van der Waals surface area (Å²) in [6.45, 7) is 5.48. The van der Waals surface area contributed by atoms with Crippen molar-refractivity contribution in [3.8, 4) is 0 Å². The molecule has 1 aromatic heterocycles. The SMILES string of the molecule is Cc1ccc2oc(C3(C)CCCCCN3)cc2c1. The van der Waals surface area contributed by atoms with Crippen LogP contribution in [0.2, 0.25) is 0 Å². The molecule has 18 heavy (non-hydrogen) atoms. The average Bonchev–Trinajstić information content (AvgIpc) is 2.65. The van der Waals surface area contributed by atoms with Gasteiger partial charge >= 0.3 is 0 Å². The molecule has 0 radical (unpaired) electrons. The summed E-state index contributed by atoms with van der Waals surface area (Å²) >= 11 is 0. The van der Waals surface area contributed by atoms with Crippen molar-refractivity contribution in [1.29, 1.82) is 0 Å². The Hall–Kier alpha value is -1.28. The number of aryl methyl sites for hydroxylation is 1. The predicted molar refractivity (Wildman–Crippen MR) is 74.8 cm³/mol. The van der Waals surface area contributed by atoms with Gasteiger partial charge in [0, 0.05) is 5.39 Å². The summed E-state index contributed by atoms with van der Waals surface area (Å²) in [5.74, 6) is 1.09. The van der Waals surface area contributed by atoms with Crippen LogP contribution in [0.15, 0.2) is 28.7 Å². The Kier molecular flexibility index (Phi) is 2.90. The third kappa shape index (κ3) is 2.05. The summed E-state index contributed by atoms with van der Waals surface area (Å²) in [6.07, 6.45) is 5.03. The van der Waals surface area contributed by atoms with Crippen molar-refractivity contribution in [1.82, 2.24) is 5.32 Å². The van der Waals surface area contributed by atoms with E-state index in [1.165, 1.54) is 30.2 Å². The Morgan fingerprint density at radius 2 is 2.06 bits per heavy atom. The first-order valence-corrected chi connectivity index (χ1v) is 6.93. The van der Waals surface area contributed by atoms with Crippen LogP contribution in [0.1, 0.15) is 43.9 Å². The molecule has 2 nitrogen and oxygen atoms in total. The molecule has 1 unspecified atom stereocenters. The van der Waals surface area contributed by atoms with E-state index in [0.717, 1.165) is 24.3 Å². The maximum Gasteiger partial charge on any atom is 0.134 e. The first-order valence-electron chi connectivity index (χ1n) is 6.93. The van der Waals surface area contributed by atoms with Gasteiger partial charge in [-0.15, -0.1) is 0 Å². The molecule has 1 N–H and O–H groups in total. The lowest BCUT2D eigenvalue weighted by atomic mass is 9.93. The third-order valence-electron chi connectivity index (χ3n) is 4.08. The van der Waals surface area contributed by atoms with Gasteiger partial charge in [-0.05, 0) is 51.4 Å². The van der Waals surface area contributed by atoms with Crippen LogP contribution in [-0.4, -0.2) is 6.54 Å². The van der Waals surface area contributed by atoms with Crippen LogP contribution in [0, 0.1) is 6.92 Å². The molecule has 1 atom stereocenters. The maximum atomic E-state index is 6.06. The average molecular weight is 243 g/mol. The number of hydrogen-bond donors (Lipinski definition) is 1. The normalized spacial score (nSPS) is 25.2. The number of nitrogens with one attached hydrogen (secondary N) is 1. The molecule has 1 aromatic carbocycles. The van der Waals surface area contributed by atoms with Gasteiger partial charge in [0.2, 0.25) is 0 Å². The van der Waals surface area contributed by atoms with Crippen molar-refractivity contribution in [2.75, 3.05) is 6.54 Å². The molecule has 1 aliphatic rings. The summed E-state index contributed by atoms with van der Waals surface area (Å²) in [5, 5.41) is 4.88. The standard InChI is InChI=1S/C16H21NO/c1-12-6-7-14-13(10-12)11-15(18-14)16(2)8-4-3-5-9-17-16/h6-7,10-11,17H,3-5,8-9H2,1-2H3. The van der Waals surface area contributed by atoms with Gasteiger partial charge in [0.1, 0.15) is 11.3 Å². The van der Waals surface area contributed by atoms with Gasteiger partial charge in [-0.25, -0.2) is 0 Å². The zero-order valence-corrected chi connectivity index (χ0v) is 11.3. The van der Waals surface area contributed by atoms with E-state index in [-0.39, 0.29) is 5.54 Å². The lowest BCUT2D eigenvalue weighted by Gasteiger charge is -2.26. The Labute approximate surface area is 108 Å². The van der Waals surface area contributed by atoms with Crippen LogP contribution < -0.4 is 5.32 Å². The predicted octanol–water partition coefficient (Wildman–Crippen LogP) is 4.12. The Bertz CT molecular complexity index is 547. The topological polar surface area (TPSA) is 25.2 Å². The van der Waals surface area contributed by atoms with Gasteiger partial charge < -0.3 is 9.73 Å². The minimum Gasteiger partial charge on any atom is -0.459 e. The first-order chi connectivity index (χ1) is 8.67. The second-order valence-electron chi connectivity index (χ2n) is 5.72. The van der Waals surface area contributed by atoms with Gasteiger partial charge in [0.15, 0.2) is 0 Å². The highest BCUT2D eigenvalue weighted by molar-refractivity contribution is 5.78. The van der Waals surface area contributed by atoms with E-state index >= 15 is 0 Å². The number of furan rings is 1. The van der Waals surface area contributed by atoms with Gasteiger partial charge in [-0.1, -0.05) is 24.5 Å². The molecule has 1 aliphatic heterocycles. The molecule has 0 saturated carbocycles. The monoisotopic (exact) mass is 243 g/mol. The van der Waals surface area contributed by atoms with Crippen LogP contribution in [0.4, 0.5) is 0 Å². The highest BCUT2D eigenvalue weighted by Crippen LogP contribution is 2.33. The van der Waals surface area contributed by atoms with Crippen LogP contribution in [0.5, 0.6) is 0 Å². The molecule has 96 valence electrons. The molecule has 0 aliphatic carbocycles. The van der Waals surface area contributed by atoms with E-state index in [0.29, 0.717) is 0 Å². The second kappa shape index (κ2) is 4.43. The molecule has 1 saturated heterocycles. The highest BCUT2D eigenvalue weighted by Gasteiger charge is 2.30. The van der Waals surface area contributed by atoms with Gasteiger partial charge in [-0.3, -0.25) is 0 Å². The fourth-order valence-electron chi connectivity index (χ4n) is 2.88. The minimum atomic E-state index is 0.00340. The smallest absolute Gasteiger partial charge is 0.134 e. The number of fused-ring (bicyclic) bond motifs is 1. The van der Waals surface area contributed by atoms with E-state index < -0.39 is 0 Å². The molecule has 0 bridgehead atoms. The molecule has 3 rings (SSSR count). The van der Waals surface area contributed by atoms with Crippen molar-refractivity contribution in [2.24, 2.45) is 0 Å². The Balaban J connectivity index is 2.02. The zero-order valence-electron chi connectivity index (χ0n) is 11.3. The molecular weight excluding hydrogens is 222 g/mol. The minimum absolute atomic E-state index is 0.00340. The molecule has 2 heteroatoms. The highest BCUT2D eigenvalue weighted by atomic mass is 16.3. The summed E-state index contributed by atoms with van der Waals surface area (Å²) in [5.41, 5.74) is 2.29. The summed E-state index contributed by atoms with van der Waals surface area (Å²) in [4.78, 5) is 0. The lowest BCUT2D eigenvalue weighted by Crippen LogP contribution is -2.38. The van der Waals surface area contributed by atoms with E-state index in [2.05, 4.69) is 43.4 Å². The van der Waals surface area contributed by atoms with E-state index in [1.54, 1.807) is 0 Å². The number of rotatable bonds is 1. The molecule has 2 aromatic rings. The zero-order chi connectivity index (χ0) is 12.6. The molecule has 1 fully saturated rings. The van der Waals surface area contributed by atoms with Crippen molar-refractivity contribution in [3.63, 3.8) is 0 Å². The largest absolute Gasteiger partial charge is 0.459 e. The fourth-order valence-corrected chi connectivity index (χ4v) is 2.88. The van der Waals surface area contributed by atoms with Gasteiger partial charge in [0.25, 0.3) is 0 Å². The van der Waals surface area contributed by atoms with Crippen molar-refractivity contribution >= 4 is 11.0 Å². The molecular formula is C16H21NO. The number of hydrogen-bond acceptors (Lipinski definition) is 2. The molecule has 0 amide bonds. The lowest BCUT2D eigenvalue weighted by molar-refractivity contribution is 0.296. The second-order valence-corrected chi connectivity index (χ2v) is 5.72. The van der Waals surface area contributed by atoms with Crippen molar-refractivity contribution in [3.05, 3.63) is 35.6 Å². The van der Waals surface area contributed by atoms with Crippen molar-refractivity contribution < 1.29 is 4.42 Å². The Morgan fingerprint density at radius 3 is 2.94 bits per heavy atom. The summed E-state index contributed by atoms with van der Waals surface area (Å²) < 4.78 is 6.06.